The number of carbonyl (C=O) groups excluding carboxylic acids is 1. The minimum Gasteiger partial charge on any atom is -0.381 e. The molecule has 0 saturated carbocycles. The van der Waals surface area contributed by atoms with Gasteiger partial charge >= 0.3 is 0 Å². The van der Waals surface area contributed by atoms with E-state index in [0.717, 1.165) is 32.6 Å². The minimum atomic E-state index is -0.150. The summed E-state index contributed by atoms with van der Waals surface area (Å²) < 4.78 is 7.24. The number of hydrogen-bond acceptors (Lipinski definition) is 4. The second-order valence-corrected chi connectivity index (χ2v) is 5.20. The molecule has 0 bridgehead atoms. The number of carbonyl (C=O) groups is 1. The van der Waals surface area contributed by atoms with E-state index in [9.17, 15) is 4.79 Å². The first-order valence-electron chi connectivity index (χ1n) is 7.13. The predicted molar refractivity (Wildman–Crippen MR) is 78.0 cm³/mol. The molecule has 0 atom stereocenters. The molecule has 0 aliphatic carbocycles. The Morgan fingerprint density at radius 3 is 2.86 bits per heavy atom. The van der Waals surface area contributed by atoms with Gasteiger partial charge in [0.2, 0.25) is 0 Å². The first-order valence-corrected chi connectivity index (χ1v) is 7.13. The van der Waals surface area contributed by atoms with Gasteiger partial charge in [-0.15, -0.1) is 0 Å². The molecule has 110 valence electrons. The summed E-state index contributed by atoms with van der Waals surface area (Å²) in [5.74, 6) is 0.449. The fourth-order valence-corrected chi connectivity index (χ4v) is 2.43. The van der Waals surface area contributed by atoms with Gasteiger partial charge in [-0.25, -0.2) is 0 Å². The van der Waals surface area contributed by atoms with Crippen LogP contribution >= 0.6 is 0 Å². The summed E-state index contributed by atoms with van der Waals surface area (Å²) in [5, 5.41) is 7.15. The van der Waals surface area contributed by atoms with E-state index in [-0.39, 0.29) is 5.91 Å². The molecule has 2 aromatic rings. The molecule has 1 saturated heterocycles. The molecule has 3 heterocycles. The van der Waals surface area contributed by atoms with E-state index in [1.807, 2.05) is 10.9 Å². The molecular formula is C15H18N4O2. The van der Waals surface area contributed by atoms with Gasteiger partial charge in [-0.1, -0.05) is 0 Å². The molecule has 1 fully saturated rings. The third-order valence-electron chi connectivity index (χ3n) is 3.62. The average molecular weight is 286 g/mol. The van der Waals surface area contributed by atoms with Crippen molar-refractivity contribution in [2.45, 2.75) is 19.4 Å². The molecule has 2 aromatic heterocycles. The molecule has 0 spiro atoms. The number of nitrogens with zero attached hydrogens (tertiary/aromatic N) is 3. The maximum atomic E-state index is 12.0. The molecule has 0 radical (unpaired) electrons. The van der Waals surface area contributed by atoms with Gasteiger partial charge in [-0.2, -0.15) is 5.10 Å². The Morgan fingerprint density at radius 1 is 1.33 bits per heavy atom. The van der Waals surface area contributed by atoms with Crippen LogP contribution in [0.15, 0.2) is 36.9 Å². The third kappa shape index (κ3) is 3.66. The molecule has 1 aliphatic heterocycles. The number of nitrogens with one attached hydrogen (secondary N) is 1. The average Bonchev–Trinajstić information content (AvgIpc) is 2.96. The van der Waals surface area contributed by atoms with Crippen LogP contribution in [0.2, 0.25) is 0 Å². The van der Waals surface area contributed by atoms with Crippen LogP contribution in [-0.2, 0) is 11.3 Å². The van der Waals surface area contributed by atoms with Crippen LogP contribution in [0.4, 0.5) is 5.69 Å². The van der Waals surface area contributed by atoms with Crippen molar-refractivity contribution in [3.63, 3.8) is 0 Å². The van der Waals surface area contributed by atoms with Crippen molar-refractivity contribution < 1.29 is 9.53 Å². The molecule has 3 rings (SSSR count). The summed E-state index contributed by atoms with van der Waals surface area (Å²) in [6.45, 7) is 2.53. The summed E-state index contributed by atoms with van der Waals surface area (Å²) in [4.78, 5) is 15.9. The molecule has 21 heavy (non-hydrogen) atoms. The Balaban J connectivity index is 1.58. The van der Waals surface area contributed by atoms with Crippen LogP contribution < -0.4 is 5.32 Å². The van der Waals surface area contributed by atoms with Gasteiger partial charge < -0.3 is 10.1 Å². The van der Waals surface area contributed by atoms with Crippen LogP contribution in [0, 0.1) is 5.92 Å². The minimum absolute atomic E-state index is 0.150. The molecule has 1 amide bonds. The van der Waals surface area contributed by atoms with Gasteiger partial charge in [-0.05, 0) is 30.9 Å². The summed E-state index contributed by atoms with van der Waals surface area (Å²) in [6, 6.07) is 3.36. The van der Waals surface area contributed by atoms with Gasteiger partial charge in [0, 0.05) is 43.9 Å². The smallest absolute Gasteiger partial charge is 0.255 e. The third-order valence-corrected chi connectivity index (χ3v) is 3.62. The van der Waals surface area contributed by atoms with E-state index < -0.39 is 0 Å². The van der Waals surface area contributed by atoms with Crippen molar-refractivity contribution in [3.05, 3.63) is 42.5 Å². The zero-order valence-electron chi connectivity index (χ0n) is 11.7. The second kappa shape index (κ2) is 6.49. The first kappa shape index (κ1) is 13.8. The monoisotopic (exact) mass is 286 g/mol. The van der Waals surface area contributed by atoms with Crippen molar-refractivity contribution in [1.82, 2.24) is 14.8 Å². The number of anilines is 1. The maximum Gasteiger partial charge on any atom is 0.255 e. The zero-order valence-corrected chi connectivity index (χ0v) is 11.7. The van der Waals surface area contributed by atoms with E-state index in [4.69, 9.17) is 4.74 Å². The normalized spacial score (nSPS) is 15.8. The Labute approximate surface area is 123 Å². The van der Waals surface area contributed by atoms with E-state index in [1.165, 1.54) is 0 Å². The maximum absolute atomic E-state index is 12.0. The van der Waals surface area contributed by atoms with E-state index in [0.29, 0.717) is 17.2 Å². The molecule has 0 unspecified atom stereocenters. The highest BCUT2D eigenvalue weighted by atomic mass is 16.5. The Morgan fingerprint density at radius 2 is 2.10 bits per heavy atom. The zero-order chi connectivity index (χ0) is 14.5. The quantitative estimate of drug-likeness (QED) is 0.932. The molecule has 6 heteroatoms. The van der Waals surface area contributed by atoms with Crippen molar-refractivity contribution >= 4 is 11.6 Å². The number of pyridine rings is 1. The predicted octanol–water partition coefficient (Wildman–Crippen LogP) is 1.96. The molecular weight excluding hydrogens is 268 g/mol. The van der Waals surface area contributed by atoms with Gasteiger partial charge in [0.25, 0.3) is 5.91 Å². The van der Waals surface area contributed by atoms with E-state index in [1.54, 1.807) is 30.7 Å². The number of amides is 1. The van der Waals surface area contributed by atoms with Crippen molar-refractivity contribution in [2.24, 2.45) is 5.92 Å². The lowest BCUT2D eigenvalue weighted by molar-refractivity contribution is 0.0601. The largest absolute Gasteiger partial charge is 0.381 e. The van der Waals surface area contributed by atoms with Gasteiger partial charge in [-0.3, -0.25) is 14.5 Å². The van der Waals surface area contributed by atoms with Gasteiger partial charge in [0.15, 0.2) is 0 Å². The van der Waals surface area contributed by atoms with E-state index >= 15 is 0 Å². The van der Waals surface area contributed by atoms with Gasteiger partial charge in [0.1, 0.15) is 0 Å². The van der Waals surface area contributed by atoms with Crippen LogP contribution in [0.5, 0.6) is 0 Å². The Kier molecular flexibility index (Phi) is 4.25. The summed E-state index contributed by atoms with van der Waals surface area (Å²) in [6.07, 6.45) is 8.89. The number of aromatic nitrogens is 3. The van der Waals surface area contributed by atoms with Crippen LogP contribution in [0.1, 0.15) is 23.2 Å². The van der Waals surface area contributed by atoms with Crippen molar-refractivity contribution in [3.8, 4) is 0 Å². The van der Waals surface area contributed by atoms with Crippen LogP contribution in [0.3, 0.4) is 0 Å². The lowest BCUT2D eigenvalue weighted by Gasteiger charge is -2.21. The number of ether oxygens (including phenoxy) is 1. The fourth-order valence-electron chi connectivity index (χ4n) is 2.43. The summed E-state index contributed by atoms with van der Waals surface area (Å²) in [7, 11) is 0. The highest BCUT2D eigenvalue weighted by Gasteiger charge is 2.15. The molecule has 6 nitrogen and oxygen atoms in total. The van der Waals surface area contributed by atoms with Crippen LogP contribution in [0.25, 0.3) is 0 Å². The number of rotatable bonds is 4. The topological polar surface area (TPSA) is 69.0 Å². The Hall–Kier alpha value is -2.21. The molecule has 0 aromatic carbocycles. The van der Waals surface area contributed by atoms with Crippen molar-refractivity contribution in [2.75, 3.05) is 18.5 Å². The van der Waals surface area contributed by atoms with Crippen LogP contribution in [-0.4, -0.2) is 33.9 Å². The molecule has 1 N–H and O–H groups in total. The highest BCUT2D eigenvalue weighted by molar-refractivity contribution is 6.03. The summed E-state index contributed by atoms with van der Waals surface area (Å²) >= 11 is 0. The standard InChI is InChI=1S/C15H18N4O2/c20-15(13-1-5-16-6-2-13)18-14-9-17-19(11-14)10-12-3-7-21-8-4-12/h1-2,5-6,9,11-12H,3-4,7-8,10H2,(H,18,20). The van der Waals surface area contributed by atoms with Gasteiger partial charge in [0.05, 0.1) is 11.9 Å². The molecule has 1 aliphatic rings. The first-order chi connectivity index (χ1) is 10.3. The second-order valence-electron chi connectivity index (χ2n) is 5.20. The SMILES string of the molecule is O=C(Nc1cnn(CC2CCOCC2)c1)c1ccncc1. The highest BCUT2D eigenvalue weighted by Crippen LogP contribution is 2.17. The van der Waals surface area contributed by atoms with Crippen molar-refractivity contribution in [1.29, 1.82) is 0 Å². The summed E-state index contributed by atoms with van der Waals surface area (Å²) in [5.41, 5.74) is 1.30. The number of hydrogen-bond donors (Lipinski definition) is 1. The van der Waals surface area contributed by atoms with E-state index in [2.05, 4.69) is 15.4 Å². The fraction of sp³-hybridized carbons (Fsp3) is 0.400. The lowest BCUT2D eigenvalue weighted by Crippen LogP contribution is -2.20. The Bertz CT molecular complexity index is 591. The lowest BCUT2D eigenvalue weighted by atomic mass is 10.0.